The van der Waals surface area contributed by atoms with Gasteiger partial charge in [0, 0.05) is 6.61 Å². The van der Waals surface area contributed by atoms with Crippen molar-refractivity contribution >= 4 is 11.8 Å². The van der Waals surface area contributed by atoms with Crippen molar-refractivity contribution in [2.24, 2.45) is 0 Å². The molecule has 0 aliphatic carbocycles. The summed E-state index contributed by atoms with van der Waals surface area (Å²) in [5.41, 5.74) is 0. The highest BCUT2D eigenvalue weighted by Gasteiger charge is 1.95. The lowest BCUT2D eigenvalue weighted by molar-refractivity contribution is 0.296. The predicted molar refractivity (Wildman–Crippen MR) is 65.5 cm³/mol. The molecule has 0 saturated carbocycles. The zero-order chi connectivity index (χ0) is 11.6. The van der Waals surface area contributed by atoms with Gasteiger partial charge in [-0.1, -0.05) is 0 Å². The van der Waals surface area contributed by atoms with E-state index in [9.17, 15) is 4.39 Å². The van der Waals surface area contributed by atoms with Gasteiger partial charge < -0.3 is 9.84 Å². The summed E-state index contributed by atoms with van der Waals surface area (Å²) in [7, 11) is 0. The monoisotopic (exact) mass is 244 g/mol. The number of ether oxygens (including phenoxy) is 1. The Bertz CT molecular complexity index is 277. The van der Waals surface area contributed by atoms with E-state index in [-0.39, 0.29) is 12.4 Å². The molecule has 16 heavy (non-hydrogen) atoms. The zero-order valence-corrected chi connectivity index (χ0v) is 10.0. The first-order valence-electron chi connectivity index (χ1n) is 5.40. The molecule has 90 valence electrons. The number of hydrogen-bond donors (Lipinski definition) is 1. The average Bonchev–Trinajstić information content (AvgIpc) is 2.30. The molecule has 0 fully saturated rings. The fourth-order valence-electron chi connectivity index (χ4n) is 1.15. The van der Waals surface area contributed by atoms with E-state index in [1.165, 1.54) is 12.1 Å². The number of aliphatic hydroxyl groups excluding tert-OH is 1. The van der Waals surface area contributed by atoms with Crippen LogP contribution in [-0.2, 0) is 0 Å². The second-order valence-electron chi connectivity index (χ2n) is 3.35. The van der Waals surface area contributed by atoms with Crippen molar-refractivity contribution in [3.63, 3.8) is 0 Å². The summed E-state index contributed by atoms with van der Waals surface area (Å²) in [5.74, 6) is 2.49. The van der Waals surface area contributed by atoms with Gasteiger partial charge in [-0.3, -0.25) is 0 Å². The van der Waals surface area contributed by atoms with Gasteiger partial charge in [0.15, 0.2) is 0 Å². The minimum absolute atomic E-state index is 0.244. The van der Waals surface area contributed by atoms with E-state index in [1.807, 2.05) is 11.8 Å². The van der Waals surface area contributed by atoms with Crippen molar-refractivity contribution in [1.29, 1.82) is 0 Å². The Morgan fingerprint density at radius 3 is 2.50 bits per heavy atom. The van der Waals surface area contributed by atoms with Gasteiger partial charge in [-0.05, 0) is 48.6 Å². The van der Waals surface area contributed by atoms with E-state index in [1.54, 1.807) is 12.1 Å². The van der Waals surface area contributed by atoms with E-state index in [2.05, 4.69) is 0 Å². The van der Waals surface area contributed by atoms with E-state index in [0.29, 0.717) is 12.4 Å². The van der Waals surface area contributed by atoms with Crippen molar-refractivity contribution in [3.05, 3.63) is 30.1 Å². The Hall–Kier alpha value is -0.740. The number of hydrogen-bond acceptors (Lipinski definition) is 3. The lowest BCUT2D eigenvalue weighted by atomic mass is 10.3. The summed E-state index contributed by atoms with van der Waals surface area (Å²) in [5, 5.41) is 8.57. The number of thioether (sulfide) groups is 1. The van der Waals surface area contributed by atoms with Crippen LogP contribution >= 0.6 is 11.8 Å². The quantitative estimate of drug-likeness (QED) is 0.713. The molecular weight excluding hydrogens is 227 g/mol. The van der Waals surface area contributed by atoms with Crippen LogP contribution in [0, 0.1) is 5.82 Å². The molecule has 0 aliphatic heterocycles. The van der Waals surface area contributed by atoms with Crippen molar-refractivity contribution in [2.45, 2.75) is 12.8 Å². The summed E-state index contributed by atoms with van der Waals surface area (Å²) < 4.78 is 18.0. The van der Waals surface area contributed by atoms with Crippen molar-refractivity contribution in [2.75, 3.05) is 24.7 Å². The third kappa shape index (κ3) is 5.98. The standard InChI is InChI=1S/C12H17FO2S/c13-11-3-5-12(6-4-11)15-8-2-10-16-9-1-7-14/h3-6,14H,1-2,7-10H2. The van der Waals surface area contributed by atoms with Crippen LogP contribution in [0.15, 0.2) is 24.3 Å². The molecule has 2 nitrogen and oxygen atoms in total. The summed E-state index contributed by atoms with van der Waals surface area (Å²) in [6.07, 6.45) is 1.82. The number of aliphatic hydroxyl groups is 1. The average molecular weight is 244 g/mol. The minimum atomic E-state index is -0.244. The second-order valence-corrected chi connectivity index (χ2v) is 4.57. The molecule has 4 heteroatoms. The highest BCUT2D eigenvalue weighted by atomic mass is 32.2. The first-order valence-corrected chi connectivity index (χ1v) is 6.55. The molecule has 0 amide bonds. The van der Waals surface area contributed by atoms with Gasteiger partial charge in [-0.2, -0.15) is 11.8 Å². The van der Waals surface area contributed by atoms with Crippen molar-refractivity contribution in [1.82, 2.24) is 0 Å². The van der Waals surface area contributed by atoms with Gasteiger partial charge in [0.25, 0.3) is 0 Å². The van der Waals surface area contributed by atoms with Gasteiger partial charge in [0.1, 0.15) is 11.6 Å². The summed E-state index contributed by atoms with van der Waals surface area (Å²) in [4.78, 5) is 0. The molecule has 1 aromatic rings. The van der Waals surface area contributed by atoms with Crippen LogP contribution < -0.4 is 4.74 Å². The summed E-state index contributed by atoms with van der Waals surface area (Å²) in [6.45, 7) is 0.914. The Morgan fingerprint density at radius 2 is 1.81 bits per heavy atom. The third-order valence-corrected chi connectivity index (χ3v) is 3.12. The maximum absolute atomic E-state index is 12.6. The van der Waals surface area contributed by atoms with Crippen LogP contribution in [-0.4, -0.2) is 29.8 Å². The first-order chi connectivity index (χ1) is 7.83. The molecule has 0 bridgehead atoms. The predicted octanol–water partition coefficient (Wildman–Crippen LogP) is 2.71. The van der Waals surface area contributed by atoms with Crippen LogP contribution in [0.1, 0.15) is 12.8 Å². The molecule has 0 heterocycles. The van der Waals surface area contributed by atoms with E-state index in [0.717, 1.165) is 24.3 Å². The van der Waals surface area contributed by atoms with Gasteiger partial charge in [-0.15, -0.1) is 0 Å². The van der Waals surface area contributed by atoms with Crippen LogP contribution in [0.3, 0.4) is 0 Å². The highest BCUT2D eigenvalue weighted by molar-refractivity contribution is 7.99. The molecule has 0 spiro atoms. The maximum Gasteiger partial charge on any atom is 0.123 e. The van der Waals surface area contributed by atoms with Crippen LogP contribution in [0.25, 0.3) is 0 Å². The topological polar surface area (TPSA) is 29.5 Å². The third-order valence-electron chi connectivity index (χ3n) is 1.96. The van der Waals surface area contributed by atoms with Gasteiger partial charge in [0.05, 0.1) is 6.61 Å². The lowest BCUT2D eigenvalue weighted by Gasteiger charge is -2.05. The molecule has 1 rings (SSSR count). The Morgan fingerprint density at radius 1 is 1.12 bits per heavy atom. The number of rotatable bonds is 8. The van der Waals surface area contributed by atoms with E-state index < -0.39 is 0 Å². The molecule has 0 saturated heterocycles. The van der Waals surface area contributed by atoms with Gasteiger partial charge >= 0.3 is 0 Å². The highest BCUT2D eigenvalue weighted by Crippen LogP contribution is 2.12. The smallest absolute Gasteiger partial charge is 0.123 e. The van der Waals surface area contributed by atoms with Crippen LogP contribution in [0.2, 0.25) is 0 Å². The normalized spacial score (nSPS) is 10.4. The van der Waals surface area contributed by atoms with Gasteiger partial charge in [-0.25, -0.2) is 4.39 Å². The second kappa shape index (κ2) is 8.42. The molecule has 0 aliphatic rings. The zero-order valence-electron chi connectivity index (χ0n) is 9.19. The van der Waals surface area contributed by atoms with Crippen LogP contribution in [0.5, 0.6) is 5.75 Å². The lowest BCUT2D eigenvalue weighted by Crippen LogP contribution is -1.99. The largest absolute Gasteiger partial charge is 0.494 e. The summed E-state index contributed by atoms with van der Waals surface area (Å²) in [6, 6.07) is 6.05. The number of halogens is 1. The molecule has 0 unspecified atom stereocenters. The van der Waals surface area contributed by atoms with Crippen LogP contribution in [0.4, 0.5) is 4.39 Å². The maximum atomic E-state index is 12.6. The number of benzene rings is 1. The van der Waals surface area contributed by atoms with E-state index >= 15 is 0 Å². The molecule has 1 aromatic carbocycles. The fourth-order valence-corrected chi connectivity index (χ4v) is 2.01. The van der Waals surface area contributed by atoms with Crippen molar-refractivity contribution < 1.29 is 14.2 Å². The fraction of sp³-hybridized carbons (Fsp3) is 0.500. The van der Waals surface area contributed by atoms with Crippen molar-refractivity contribution in [3.8, 4) is 5.75 Å². The molecule has 0 atom stereocenters. The molecule has 0 radical (unpaired) electrons. The SMILES string of the molecule is OCCCSCCCOc1ccc(F)cc1. The molecule has 0 aromatic heterocycles. The first kappa shape index (κ1) is 13.3. The molecule has 1 N–H and O–H groups in total. The summed E-state index contributed by atoms with van der Waals surface area (Å²) >= 11 is 1.82. The minimum Gasteiger partial charge on any atom is -0.494 e. The van der Waals surface area contributed by atoms with E-state index in [4.69, 9.17) is 9.84 Å². The molecular formula is C12H17FO2S. The Kier molecular flexibility index (Phi) is 7.01. The Balaban J connectivity index is 2.01. The van der Waals surface area contributed by atoms with Gasteiger partial charge in [0.2, 0.25) is 0 Å². The Labute approximate surface area is 99.8 Å².